The molecule has 0 aliphatic heterocycles. The number of hydrogen-bond acceptors (Lipinski definition) is 2. The van der Waals surface area contributed by atoms with Crippen LogP contribution in [-0.2, 0) is 0 Å². The zero-order valence-electron chi connectivity index (χ0n) is 2.08. The Morgan fingerprint density at radius 2 is 2.25 bits per heavy atom. The summed E-state index contributed by atoms with van der Waals surface area (Å²) in [6.45, 7) is 0. The lowest BCUT2D eigenvalue weighted by atomic mass is 11.0. The van der Waals surface area contributed by atoms with Gasteiger partial charge in [0.25, 0.3) is 0 Å². The number of nitrogens with one attached hydrogen (secondary N) is 1. The van der Waals surface area contributed by atoms with Gasteiger partial charge in [-0.3, -0.25) is 0 Å². The average molecular weight is 55.1 g/mol. The Hall–Kier alpha value is -0.840. The number of hydrogen-bond donors (Lipinski definition) is 2. The van der Waals surface area contributed by atoms with E-state index >= 15 is 0 Å². The highest BCUT2D eigenvalue weighted by Gasteiger charge is 1.55. The van der Waals surface area contributed by atoms with Crippen molar-refractivity contribution in [3.8, 4) is 0 Å². The Morgan fingerprint density at radius 1 is 2.00 bits per heavy atom. The fraction of sp³-hybridized carbons (Fsp3) is 0. The van der Waals surface area contributed by atoms with E-state index in [1.165, 1.54) is 0 Å². The molecule has 20 valence electrons. The van der Waals surface area contributed by atoms with Gasteiger partial charge in [-0.2, -0.15) is 5.73 Å². The fourth-order valence-electron chi connectivity index (χ4n) is 0. The Balaban J connectivity index is 3.11. The zero-order chi connectivity index (χ0) is 3.41. The second-order valence-corrected chi connectivity index (χ2v) is 0.269. The molecule has 0 spiro atoms. The lowest BCUT2D eigenvalue weighted by molar-refractivity contribution is 1.52. The SMILES string of the molecule is N=C=[C+]N. The second kappa shape index (κ2) is 2.16. The molecule has 0 rings (SSSR count). The molecular formula is C2H3N2+. The van der Waals surface area contributed by atoms with Crippen LogP contribution < -0.4 is 5.73 Å². The van der Waals surface area contributed by atoms with E-state index in [0.29, 0.717) is 0 Å². The maximum absolute atomic E-state index is 5.97. The molecule has 0 amide bonds. The average Bonchev–Trinajstić information content (AvgIpc) is 1.37. The molecule has 0 aromatic heterocycles. The van der Waals surface area contributed by atoms with E-state index in [0.717, 1.165) is 0 Å². The topological polar surface area (TPSA) is 49.9 Å². The monoisotopic (exact) mass is 55.0 g/mol. The maximum atomic E-state index is 5.97. The van der Waals surface area contributed by atoms with Crippen molar-refractivity contribution in [2.75, 3.05) is 0 Å². The van der Waals surface area contributed by atoms with Crippen molar-refractivity contribution in [2.24, 2.45) is 5.73 Å². The predicted molar refractivity (Wildman–Crippen MR) is 15.2 cm³/mol. The first-order valence-corrected chi connectivity index (χ1v) is 0.789. The van der Waals surface area contributed by atoms with Crippen molar-refractivity contribution in [3.05, 3.63) is 6.20 Å². The third-order valence-electron chi connectivity index (χ3n) is 0.0722. The van der Waals surface area contributed by atoms with E-state index in [4.69, 9.17) is 5.41 Å². The zero-order valence-corrected chi connectivity index (χ0v) is 2.08. The summed E-state index contributed by atoms with van der Waals surface area (Å²) in [6, 6.07) is 0. The van der Waals surface area contributed by atoms with Gasteiger partial charge < -0.3 is 0 Å². The molecule has 0 aliphatic rings. The van der Waals surface area contributed by atoms with Gasteiger partial charge in [0.05, 0.1) is 0 Å². The summed E-state index contributed by atoms with van der Waals surface area (Å²) in [6.07, 6.45) is 1.85. The van der Waals surface area contributed by atoms with Gasteiger partial charge in [0.1, 0.15) is 0 Å². The van der Waals surface area contributed by atoms with E-state index in [9.17, 15) is 0 Å². The summed E-state index contributed by atoms with van der Waals surface area (Å²) in [7, 11) is 0. The van der Waals surface area contributed by atoms with Gasteiger partial charge in [-0.05, 0) is 0 Å². The van der Waals surface area contributed by atoms with Crippen molar-refractivity contribution >= 4 is 5.87 Å². The minimum Gasteiger partial charge on any atom is -0.208 e. The van der Waals surface area contributed by atoms with Crippen LogP contribution in [0.5, 0.6) is 0 Å². The predicted octanol–water partition coefficient (Wildman–Crippen LogP) is -0.490. The Bertz CT molecular complexity index is 42.0. The third kappa shape index (κ3) is 1.16. The summed E-state index contributed by atoms with van der Waals surface area (Å²) in [5, 5.41) is 5.97. The van der Waals surface area contributed by atoms with Crippen LogP contribution >= 0.6 is 0 Å². The van der Waals surface area contributed by atoms with E-state index in [1.807, 2.05) is 6.20 Å². The van der Waals surface area contributed by atoms with Crippen molar-refractivity contribution in [3.63, 3.8) is 0 Å². The molecule has 2 heteroatoms. The highest BCUT2D eigenvalue weighted by molar-refractivity contribution is 5.41. The molecule has 0 unspecified atom stereocenters. The molecule has 0 fully saturated rings. The van der Waals surface area contributed by atoms with Gasteiger partial charge in [-0.25, -0.2) is 5.41 Å². The van der Waals surface area contributed by atoms with E-state index in [1.54, 1.807) is 5.87 Å². The summed E-state index contributed by atoms with van der Waals surface area (Å²) < 4.78 is 0. The molecule has 3 N–H and O–H groups in total. The van der Waals surface area contributed by atoms with Crippen LogP contribution in [0.4, 0.5) is 0 Å². The molecule has 4 heavy (non-hydrogen) atoms. The lowest BCUT2D eigenvalue weighted by Gasteiger charge is -1.14. The van der Waals surface area contributed by atoms with Crippen molar-refractivity contribution in [1.29, 1.82) is 5.41 Å². The minimum atomic E-state index is 1.71. The van der Waals surface area contributed by atoms with E-state index in [-0.39, 0.29) is 0 Å². The van der Waals surface area contributed by atoms with E-state index in [2.05, 4.69) is 5.73 Å². The van der Waals surface area contributed by atoms with Gasteiger partial charge in [0, 0.05) is 0 Å². The standard InChI is InChI=1S/C2H3N2/c3-1-2-4/h3H,4H2/q+1. The molecule has 0 radical (unpaired) electrons. The molecule has 0 saturated heterocycles. The molecule has 0 saturated carbocycles. The molecule has 0 bridgehead atoms. The third-order valence-corrected chi connectivity index (χ3v) is 0.0722. The first-order valence-electron chi connectivity index (χ1n) is 0.789. The van der Waals surface area contributed by atoms with Crippen molar-refractivity contribution in [2.45, 2.75) is 0 Å². The molecule has 0 aromatic rings. The molecule has 0 heterocycles. The molecule has 0 aromatic carbocycles. The summed E-state index contributed by atoms with van der Waals surface area (Å²) >= 11 is 0. The maximum Gasteiger partial charge on any atom is 0.449 e. The van der Waals surface area contributed by atoms with Crippen LogP contribution in [0.15, 0.2) is 0 Å². The van der Waals surface area contributed by atoms with Gasteiger partial charge in [-0.15, -0.1) is 0 Å². The van der Waals surface area contributed by atoms with Gasteiger partial charge in [0.15, 0.2) is 0 Å². The highest BCUT2D eigenvalue weighted by atomic mass is 14.5. The van der Waals surface area contributed by atoms with Crippen LogP contribution in [-0.4, -0.2) is 5.87 Å². The normalized spacial score (nSPS) is 3.00. The van der Waals surface area contributed by atoms with Crippen molar-refractivity contribution in [1.82, 2.24) is 0 Å². The minimum absolute atomic E-state index is 1.71. The van der Waals surface area contributed by atoms with E-state index < -0.39 is 0 Å². The number of rotatable bonds is 0. The number of nitrogens with two attached hydrogens (primary N) is 1. The first kappa shape index (κ1) is 3.16. The Kier molecular flexibility index (Phi) is 1.71. The van der Waals surface area contributed by atoms with Crippen LogP contribution in [0, 0.1) is 11.6 Å². The van der Waals surface area contributed by atoms with Crippen LogP contribution in [0.2, 0.25) is 0 Å². The Morgan fingerprint density at radius 3 is 2.25 bits per heavy atom. The fourth-order valence-corrected chi connectivity index (χ4v) is 0. The van der Waals surface area contributed by atoms with Gasteiger partial charge in [0.2, 0.25) is 0 Å². The summed E-state index contributed by atoms with van der Waals surface area (Å²) in [5.74, 6) is 1.71. The van der Waals surface area contributed by atoms with Crippen LogP contribution in [0.25, 0.3) is 0 Å². The quantitative estimate of drug-likeness (QED) is 0.219. The van der Waals surface area contributed by atoms with Crippen molar-refractivity contribution < 1.29 is 0 Å². The lowest BCUT2D eigenvalue weighted by Crippen LogP contribution is -1.74. The highest BCUT2D eigenvalue weighted by Crippen LogP contribution is 1.11. The first-order chi connectivity index (χ1) is 1.91. The van der Waals surface area contributed by atoms with Gasteiger partial charge in [-0.1, -0.05) is 0 Å². The molecule has 0 aliphatic carbocycles. The molecule has 0 atom stereocenters. The van der Waals surface area contributed by atoms with Crippen LogP contribution in [0.3, 0.4) is 0 Å². The van der Waals surface area contributed by atoms with Crippen LogP contribution in [0.1, 0.15) is 0 Å². The molecular weight excluding hydrogens is 52.0 g/mol. The Labute approximate surface area is 24.4 Å². The van der Waals surface area contributed by atoms with Gasteiger partial charge >= 0.3 is 12.1 Å². The largest absolute Gasteiger partial charge is 0.449 e. The summed E-state index contributed by atoms with van der Waals surface area (Å²) in [5.41, 5.74) is 4.48. The molecule has 2 nitrogen and oxygen atoms in total. The summed E-state index contributed by atoms with van der Waals surface area (Å²) in [4.78, 5) is 0. The second-order valence-electron chi connectivity index (χ2n) is 0.269. The smallest absolute Gasteiger partial charge is 0.208 e.